The van der Waals surface area contributed by atoms with Crippen molar-refractivity contribution in [1.82, 2.24) is 4.57 Å². The quantitative estimate of drug-likeness (QED) is 0.241. The number of ether oxygens (including phenoxy) is 3. The first kappa shape index (κ1) is 29.4. The topological polar surface area (TPSA) is 79.1 Å². The van der Waals surface area contributed by atoms with Crippen LogP contribution >= 0.6 is 22.9 Å². The average molecular weight is 603 g/mol. The van der Waals surface area contributed by atoms with Crippen molar-refractivity contribution in [1.29, 1.82) is 0 Å². The van der Waals surface area contributed by atoms with Crippen molar-refractivity contribution in [2.24, 2.45) is 4.99 Å². The van der Waals surface area contributed by atoms with E-state index in [-0.39, 0.29) is 12.2 Å². The number of rotatable bonds is 8. The predicted octanol–water partition coefficient (Wildman–Crippen LogP) is 5.73. The number of benzene rings is 3. The van der Waals surface area contributed by atoms with Gasteiger partial charge in [0.1, 0.15) is 0 Å². The highest BCUT2D eigenvalue weighted by atomic mass is 35.5. The molecule has 0 aliphatic carbocycles. The Hall–Kier alpha value is -4.14. The normalized spacial score (nSPS) is 14.9. The highest BCUT2D eigenvalue weighted by Gasteiger charge is 2.35. The van der Waals surface area contributed by atoms with Gasteiger partial charge in [0.2, 0.25) is 0 Å². The lowest BCUT2D eigenvalue weighted by Crippen LogP contribution is -2.40. The van der Waals surface area contributed by atoms with E-state index in [1.165, 1.54) is 25.6 Å². The minimum Gasteiger partial charge on any atom is -0.493 e. The molecule has 5 rings (SSSR count). The first-order valence-electron chi connectivity index (χ1n) is 13.6. The van der Waals surface area contributed by atoms with Crippen LogP contribution in [0.5, 0.6) is 11.5 Å². The van der Waals surface area contributed by atoms with Crippen LogP contribution < -0.4 is 24.4 Å². The van der Waals surface area contributed by atoms with Crippen molar-refractivity contribution in [3.05, 3.63) is 119 Å². The van der Waals surface area contributed by atoms with Crippen LogP contribution in [-0.4, -0.2) is 31.4 Å². The van der Waals surface area contributed by atoms with E-state index in [2.05, 4.69) is 13.8 Å². The highest BCUT2D eigenvalue weighted by Crippen LogP contribution is 2.37. The molecule has 4 aromatic rings. The van der Waals surface area contributed by atoms with E-state index in [0.717, 1.165) is 16.7 Å². The molecule has 0 radical (unpaired) electrons. The van der Waals surface area contributed by atoms with E-state index < -0.39 is 12.0 Å². The summed E-state index contributed by atoms with van der Waals surface area (Å²) in [7, 11) is 3.04. The van der Waals surface area contributed by atoms with Gasteiger partial charge in [-0.2, -0.15) is 0 Å². The molecule has 7 nitrogen and oxygen atoms in total. The average Bonchev–Trinajstić information content (AvgIpc) is 3.30. The first-order chi connectivity index (χ1) is 20.3. The van der Waals surface area contributed by atoms with E-state index in [4.69, 9.17) is 30.8 Å². The maximum Gasteiger partial charge on any atom is 0.338 e. The third-order valence-electron chi connectivity index (χ3n) is 7.05. The smallest absolute Gasteiger partial charge is 0.338 e. The van der Waals surface area contributed by atoms with Crippen molar-refractivity contribution in [3.63, 3.8) is 0 Å². The van der Waals surface area contributed by atoms with Crippen LogP contribution in [0.15, 0.2) is 82.1 Å². The summed E-state index contributed by atoms with van der Waals surface area (Å²) in [6.45, 7) is 6.19. The molecule has 0 bridgehead atoms. The third-order valence-corrected chi connectivity index (χ3v) is 8.31. The zero-order valence-corrected chi connectivity index (χ0v) is 25.6. The SMILES string of the molecule is CCOC(=O)C1=C(c2ccccc2)N=c2s/c(=C\c3cc(Cl)c(OC)c(OC)c3)c(=O)n2[C@@H]1c1ccc(C(C)C)cc1. The zero-order valence-electron chi connectivity index (χ0n) is 24.0. The molecule has 0 fully saturated rings. The fourth-order valence-electron chi connectivity index (χ4n) is 4.99. The van der Waals surface area contributed by atoms with Crippen LogP contribution in [0.1, 0.15) is 55.0 Å². The molecule has 1 aliphatic heterocycles. The highest BCUT2D eigenvalue weighted by molar-refractivity contribution is 7.07. The Labute approximate surface area is 253 Å². The standard InChI is InChI=1S/C33H31ClN2O5S/c1-6-41-32(38)27-28(22-10-8-7-9-11-22)35-33-36(29(27)23-14-12-21(13-15-23)19(2)3)31(37)26(42-33)18-20-16-24(34)30(40-5)25(17-20)39-4/h7-19,29H,6H2,1-5H3/b26-18-/t29-/m1/s1. The van der Waals surface area contributed by atoms with E-state index in [9.17, 15) is 9.59 Å². The summed E-state index contributed by atoms with van der Waals surface area (Å²) < 4.78 is 18.4. The van der Waals surface area contributed by atoms with Gasteiger partial charge in [0.15, 0.2) is 16.3 Å². The number of thiazole rings is 1. The van der Waals surface area contributed by atoms with Crippen molar-refractivity contribution >= 4 is 40.7 Å². The van der Waals surface area contributed by atoms with Crippen molar-refractivity contribution < 1.29 is 19.0 Å². The van der Waals surface area contributed by atoms with E-state index >= 15 is 0 Å². The van der Waals surface area contributed by atoms with Crippen LogP contribution in [0.25, 0.3) is 11.8 Å². The minimum atomic E-state index is -0.743. The molecule has 1 aromatic heterocycles. The van der Waals surface area contributed by atoms with Crippen LogP contribution in [0.3, 0.4) is 0 Å². The Morgan fingerprint density at radius 2 is 1.79 bits per heavy atom. The number of fused-ring (bicyclic) bond motifs is 1. The van der Waals surface area contributed by atoms with Gasteiger partial charge in [-0.1, -0.05) is 91.4 Å². The molecule has 2 heterocycles. The Kier molecular flexibility index (Phi) is 8.66. The van der Waals surface area contributed by atoms with Gasteiger partial charge in [-0.05, 0) is 47.7 Å². The van der Waals surface area contributed by atoms with Gasteiger partial charge in [0.25, 0.3) is 5.56 Å². The number of methoxy groups -OCH3 is 2. The molecule has 3 aromatic carbocycles. The number of carbonyl (C=O) groups is 1. The second-order valence-corrected chi connectivity index (χ2v) is 11.4. The van der Waals surface area contributed by atoms with Crippen molar-refractivity contribution in [2.45, 2.75) is 32.7 Å². The van der Waals surface area contributed by atoms with Gasteiger partial charge in [0, 0.05) is 5.56 Å². The van der Waals surface area contributed by atoms with Gasteiger partial charge in [-0.25, -0.2) is 9.79 Å². The fraction of sp³-hybridized carbons (Fsp3) is 0.242. The number of esters is 1. The minimum absolute atomic E-state index is 0.188. The fourth-order valence-corrected chi connectivity index (χ4v) is 6.29. The zero-order chi connectivity index (χ0) is 30.0. The monoisotopic (exact) mass is 602 g/mol. The summed E-state index contributed by atoms with van der Waals surface area (Å²) in [6, 6.07) is 20.2. The van der Waals surface area contributed by atoms with Gasteiger partial charge < -0.3 is 14.2 Å². The number of aromatic nitrogens is 1. The Morgan fingerprint density at radius 1 is 1.07 bits per heavy atom. The molecular weight excluding hydrogens is 572 g/mol. The number of nitrogens with zero attached hydrogens (tertiary/aromatic N) is 2. The van der Waals surface area contributed by atoms with Crippen LogP contribution in [0.4, 0.5) is 0 Å². The summed E-state index contributed by atoms with van der Waals surface area (Å²) in [5.41, 5.74) is 3.87. The molecule has 0 N–H and O–H groups in total. The molecule has 1 atom stereocenters. The van der Waals surface area contributed by atoms with E-state index in [1.807, 2.05) is 54.6 Å². The number of hydrogen-bond acceptors (Lipinski definition) is 7. The van der Waals surface area contributed by atoms with E-state index in [1.54, 1.807) is 29.7 Å². The van der Waals surface area contributed by atoms with Crippen LogP contribution in [0.2, 0.25) is 5.02 Å². The molecule has 9 heteroatoms. The maximum absolute atomic E-state index is 14.1. The molecule has 42 heavy (non-hydrogen) atoms. The number of halogens is 1. The molecular formula is C33H31ClN2O5S. The lowest BCUT2D eigenvalue weighted by Gasteiger charge is -2.26. The molecule has 0 spiro atoms. The molecule has 0 amide bonds. The van der Waals surface area contributed by atoms with E-state index in [0.29, 0.717) is 48.6 Å². The van der Waals surface area contributed by atoms with Crippen LogP contribution in [0, 0.1) is 0 Å². The summed E-state index contributed by atoms with van der Waals surface area (Å²) in [4.78, 5) is 33.1. The number of hydrogen-bond donors (Lipinski definition) is 0. The predicted molar refractivity (Wildman–Crippen MR) is 166 cm³/mol. The Balaban J connectivity index is 1.80. The summed E-state index contributed by atoms with van der Waals surface area (Å²) >= 11 is 7.69. The van der Waals surface area contributed by atoms with Gasteiger partial charge >= 0.3 is 5.97 Å². The van der Waals surface area contributed by atoms with Crippen molar-refractivity contribution in [2.75, 3.05) is 20.8 Å². The summed E-state index contributed by atoms with van der Waals surface area (Å²) in [5, 5.41) is 0.356. The number of carbonyl (C=O) groups excluding carboxylic acids is 1. The Morgan fingerprint density at radius 3 is 2.40 bits per heavy atom. The van der Waals surface area contributed by atoms with Gasteiger partial charge in [-0.15, -0.1) is 0 Å². The lowest BCUT2D eigenvalue weighted by atomic mass is 9.91. The summed E-state index contributed by atoms with van der Waals surface area (Å²) in [5.74, 6) is 0.672. The Bertz CT molecular complexity index is 1840. The van der Waals surface area contributed by atoms with Crippen molar-refractivity contribution in [3.8, 4) is 11.5 Å². The summed E-state index contributed by atoms with van der Waals surface area (Å²) in [6.07, 6.45) is 1.74. The maximum atomic E-state index is 14.1. The lowest BCUT2D eigenvalue weighted by molar-refractivity contribution is -0.138. The largest absolute Gasteiger partial charge is 0.493 e. The first-order valence-corrected chi connectivity index (χ1v) is 14.8. The molecule has 0 saturated heterocycles. The molecule has 0 saturated carbocycles. The molecule has 216 valence electrons. The molecule has 1 aliphatic rings. The van der Waals surface area contributed by atoms with Crippen LogP contribution in [-0.2, 0) is 9.53 Å². The second kappa shape index (κ2) is 12.4. The molecule has 0 unspecified atom stereocenters. The van der Waals surface area contributed by atoms with Gasteiger partial charge in [-0.3, -0.25) is 9.36 Å². The second-order valence-electron chi connectivity index (χ2n) is 9.99. The van der Waals surface area contributed by atoms with Gasteiger partial charge in [0.05, 0.1) is 47.7 Å². The third kappa shape index (κ3) is 5.52.